The van der Waals surface area contributed by atoms with Gasteiger partial charge in [-0.05, 0) is 47.7 Å². The van der Waals surface area contributed by atoms with Crippen molar-refractivity contribution in [2.24, 2.45) is 5.92 Å². The normalized spacial score (nSPS) is 14.6. The number of nitrogens with zero attached hydrogens (tertiary/aromatic N) is 1. The largest absolute Gasteiger partial charge is 0.464 e. The number of anilines is 1. The lowest BCUT2D eigenvalue weighted by Gasteiger charge is -2.24. The number of hydrogen-bond donors (Lipinski definition) is 2. The van der Waals surface area contributed by atoms with Gasteiger partial charge in [0.15, 0.2) is 0 Å². The molecule has 0 atom stereocenters. The van der Waals surface area contributed by atoms with Crippen LogP contribution >= 0.6 is 0 Å². The van der Waals surface area contributed by atoms with Gasteiger partial charge in [0.25, 0.3) is 11.8 Å². The Hall–Kier alpha value is -4.20. The van der Waals surface area contributed by atoms with Gasteiger partial charge in [-0.2, -0.15) is 0 Å². The minimum absolute atomic E-state index is 0.0486. The average Bonchev–Trinajstić information content (AvgIpc) is 3.13. The summed E-state index contributed by atoms with van der Waals surface area (Å²) in [5.41, 5.74) is 3.33. The highest BCUT2D eigenvalue weighted by Crippen LogP contribution is 2.35. The number of esters is 1. The molecule has 34 heavy (non-hydrogen) atoms. The van der Waals surface area contributed by atoms with Crippen LogP contribution in [0.25, 0.3) is 11.1 Å². The second kappa shape index (κ2) is 9.35. The van der Waals surface area contributed by atoms with Gasteiger partial charge in [0.2, 0.25) is 5.91 Å². The fourth-order valence-electron chi connectivity index (χ4n) is 3.98. The van der Waals surface area contributed by atoms with Crippen LogP contribution in [0.1, 0.15) is 35.2 Å². The van der Waals surface area contributed by atoms with Gasteiger partial charge in [-0.3, -0.25) is 19.3 Å². The van der Waals surface area contributed by atoms with E-state index in [2.05, 4.69) is 28.5 Å². The lowest BCUT2D eigenvalue weighted by Crippen LogP contribution is -2.36. The number of fused-ring (bicyclic) bond motifs is 1. The van der Waals surface area contributed by atoms with Gasteiger partial charge in [-0.1, -0.05) is 43.8 Å². The Bertz CT molecular complexity index is 1210. The highest BCUT2D eigenvalue weighted by molar-refractivity contribution is 6.08. The van der Waals surface area contributed by atoms with Gasteiger partial charge in [-0.15, -0.1) is 0 Å². The molecule has 8 nitrogen and oxygen atoms in total. The number of rotatable bonds is 7. The van der Waals surface area contributed by atoms with Crippen LogP contribution in [-0.4, -0.2) is 35.7 Å². The van der Waals surface area contributed by atoms with Crippen LogP contribution in [0.2, 0.25) is 0 Å². The fourth-order valence-corrected chi connectivity index (χ4v) is 3.98. The first-order chi connectivity index (χ1) is 16.3. The summed E-state index contributed by atoms with van der Waals surface area (Å²) in [6, 6.07) is 12.8. The Labute approximate surface area is 197 Å². The Morgan fingerprint density at radius 2 is 1.71 bits per heavy atom. The van der Waals surface area contributed by atoms with E-state index in [4.69, 9.17) is 0 Å². The summed E-state index contributed by atoms with van der Waals surface area (Å²) >= 11 is 0. The smallest absolute Gasteiger partial charge is 0.353 e. The number of ether oxygens (including phenoxy) is 1. The zero-order valence-electron chi connectivity index (χ0n) is 18.8. The molecular formula is C26H25N3O5. The van der Waals surface area contributed by atoms with Crippen LogP contribution < -0.4 is 10.6 Å². The molecule has 2 aromatic carbocycles. The maximum absolute atomic E-state index is 13.0. The number of carbonyl (C=O) groups excluding carboxylic acids is 4. The van der Waals surface area contributed by atoms with Gasteiger partial charge in [-0.25, -0.2) is 4.79 Å². The van der Waals surface area contributed by atoms with Gasteiger partial charge < -0.3 is 15.4 Å². The fraction of sp³-hybridized carbons (Fsp3) is 0.231. The van der Waals surface area contributed by atoms with E-state index >= 15 is 0 Å². The van der Waals surface area contributed by atoms with Crippen LogP contribution in [0.4, 0.5) is 5.69 Å². The molecule has 174 valence electrons. The molecule has 2 aromatic rings. The highest BCUT2D eigenvalue weighted by atomic mass is 16.5. The van der Waals surface area contributed by atoms with Crippen molar-refractivity contribution in [2.45, 2.75) is 25.8 Å². The molecule has 0 radical (unpaired) electrons. The summed E-state index contributed by atoms with van der Waals surface area (Å²) in [5.74, 6) is -1.71. The first-order valence-corrected chi connectivity index (χ1v) is 10.9. The van der Waals surface area contributed by atoms with E-state index in [1.807, 2.05) is 30.3 Å². The predicted octanol–water partition coefficient (Wildman–Crippen LogP) is 3.36. The summed E-state index contributed by atoms with van der Waals surface area (Å²) in [6.07, 6.45) is 2.97. The molecule has 2 N–H and O–H groups in total. The lowest BCUT2D eigenvalue weighted by atomic mass is 9.85. The molecule has 2 aliphatic rings. The number of nitrogens with one attached hydrogen (secondary N) is 2. The summed E-state index contributed by atoms with van der Waals surface area (Å²) < 4.78 is 4.52. The zero-order valence-corrected chi connectivity index (χ0v) is 18.8. The van der Waals surface area contributed by atoms with E-state index in [9.17, 15) is 19.2 Å². The molecule has 8 heteroatoms. The molecule has 3 amide bonds. The number of benzene rings is 2. The number of carbonyl (C=O) groups is 4. The summed E-state index contributed by atoms with van der Waals surface area (Å²) in [7, 11) is 1.17. The molecule has 0 saturated heterocycles. The zero-order chi connectivity index (χ0) is 24.4. The van der Waals surface area contributed by atoms with Crippen LogP contribution in [0.5, 0.6) is 0 Å². The first kappa shape index (κ1) is 23.0. The molecule has 1 heterocycles. The molecule has 1 aliphatic carbocycles. The molecular weight excluding hydrogens is 434 g/mol. The molecule has 1 fully saturated rings. The Morgan fingerprint density at radius 1 is 1.03 bits per heavy atom. The van der Waals surface area contributed by atoms with Crippen molar-refractivity contribution >= 4 is 29.4 Å². The van der Waals surface area contributed by atoms with Crippen molar-refractivity contribution in [1.82, 2.24) is 10.2 Å². The van der Waals surface area contributed by atoms with Gasteiger partial charge in [0.1, 0.15) is 11.4 Å². The van der Waals surface area contributed by atoms with Crippen molar-refractivity contribution < 1.29 is 23.9 Å². The van der Waals surface area contributed by atoms with E-state index in [1.54, 1.807) is 12.1 Å². The number of methoxy groups -OCH3 is 1. The van der Waals surface area contributed by atoms with Gasteiger partial charge in [0.05, 0.1) is 13.7 Å². The Morgan fingerprint density at radius 3 is 2.32 bits per heavy atom. The predicted molar refractivity (Wildman–Crippen MR) is 126 cm³/mol. The van der Waals surface area contributed by atoms with Crippen molar-refractivity contribution in [3.63, 3.8) is 0 Å². The minimum atomic E-state index is -0.785. The third-order valence-corrected chi connectivity index (χ3v) is 6.19. The molecule has 1 saturated carbocycles. The number of amides is 3. The summed E-state index contributed by atoms with van der Waals surface area (Å²) in [4.78, 5) is 50.5. The molecule has 0 aromatic heterocycles. The minimum Gasteiger partial charge on any atom is -0.464 e. The quantitative estimate of drug-likeness (QED) is 0.488. The van der Waals surface area contributed by atoms with E-state index < -0.39 is 11.9 Å². The highest BCUT2D eigenvalue weighted by Gasteiger charge is 2.33. The van der Waals surface area contributed by atoms with Crippen molar-refractivity contribution in [3.05, 3.63) is 78.1 Å². The van der Waals surface area contributed by atoms with Crippen LogP contribution in [0.15, 0.2) is 67.0 Å². The second-order valence-corrected chi connectivity index (χ2v) is 8.29. The third kappa shape index (κ3) is 4.34. The molecule has 0 bridgehead atoms. The van der Waals surface area contributed by atoms with Crippen LogP contribution in [-0.2, 0) is 25.7 Å². The van der Waals surface area contributed by atoms with Gasteiger partial charge >= 0.3 is 5.97 Å². The van der Waals surface area contributed by atoms with Crippen LogP contribution in [0.3, 0.4) is 0 Å². The third-order valence-electron chi connectivity index (χ3n) is 6.19. The van der Waals surface area contributed by atoms with E-state index in [-0.39, 0.29) is 35.7 Å². The molecule has 0 unspecified atom stereocenters. The van der Waals surface area contributed by atoms with Gasteiger partial charge in [0, 0.05) is 17.2 Å². The summed E-state index contributed by atoms with van der Waals surface area (Å²) in [6.45, 7) is 7.34. The molecule has 0 spiro atoms. The standard InChI is InChI=1S/C26H25N3O5/c1-15(26(33)34-3)27-23(30)16(2)29-14-22-20(8-5-9-21(22)25(29)32)17-10-12-19(13-11-17)28-24(31)18-6-4-7-18/h5,8-13,18H,1-2,4,6-7,14H2,3H3,(H,27,30)(H,28,31). The second-order valence-electron chi connectivity index (χ2n) is 8.29. The van der Waals surface area contributed by atoms with Crippen molar-refractivity contribution in [3.8, 4) is 11.1 Å². The summed E-state index contributed by atoms with van der Waals surface area (Å²) in [5, 5.41) is 5.25. The van der Waals surface area contributed by atoms with E-state index in [1.165, 1.54) is 12.0 Å². The maximum atomic E-state index is 13.0. The molecule has 1 aliphatic heterocycles. The van der Waals surface area contributed by atoms with Crippen molar-refractivity contribution in [1.29, 1.82) is 0 Å². The lowest BCUT2D eigenvalue weighted by molar-refractivity contribution is -0.137. The Kier molecular flexibility index (Phi) is 6.32. The van der Waals surface area contributed by atoms with E-state index in [0.717, 1.165) is 41.6 Å². The van der Waals surface area contributed by atoms with Crippen molar-refractivity contribution in [2.75, 3.05) is 12.4 Å². The SMILES string of the molecule is C=C(NC(=O)C(=C)N1Cc2c(cccc2-c2ccc(NC(=O)C3CCC3)cc2)C1=O)C(=O)OC. The Balaban J connectivity index is 1.50. The monoisotopic (exact) mass is 459 g/mol. The van der Waals surface area contributed by atoms with E-state index in [0.29, 0.717) is 5.56 Å². The van der Waals surface area contributed by atoms with Crippen LogP contribution in [0, 0.1) is 5.92 Å². The maximum Gasteiger partial charge on any atom is 0.353 e. The number of hydrogen-bond acceptors (Lipinski definition) is 5. The molecule has 4 rings (SSSR count). The average molecular weight is 460 g/mol. The first-order valence-electron chi connectivity index (χ1n) is 10.9. The topological polar surface area (TPSA) is 105 Å².